The van der Waals surface area contributed by atoms with Gasteiger partial charge in [-0.3, -0.25) is 0 Å². The Labute approximate surface area is 84.4 Å². The molecule has 3 nitrogen and oxygen atoms in total. The van der Waals surface area contributed by atoms with Gasteiger partial charge in [0.25, 0.3) is 0 Å². The van der Waals surface area contributed by atoms with Gasteiger partial charge in [-0.05, 0) is 12.1 Å². The Kier molecular flexibility index (Phi) is 3.79. The van der Waals surface area contributed by atoms with Gasteiger partial charge in [-0.1, -0.05) is 6.07 Å². The molecule has 0 N–H and O–H groups in total. The highest BCUT2D eigenvalue weighted by atomic mass is 19.4. The van der Waals surface area contributed by atoms with Gasteiger partial charge in [-0.2, -0.15) is 0 Å². The topological polar surface area (TPSA) is 27.7 Å². The molecule has 1 aromatic rings. The van der Waals surface area contributed by atoms with Gasteiger partial charge < -0.3 is 14.2 Å². The van der Waals surface area contributed by atoms with Crippen LogP contribution >= 0.6 is 0 Å². The summed E-state index contributed by atoms with van der Waals surface area (Å²) in [5, 5.41) is 0. The van der Waals surface area contributed by atoms with Gasteiger partial charge in [0.05, 0.1) is 0 Å². The van der Waals surface area contributed by atoms with E-state index in [0.29, 0.717) is 0 Å². The van der Waals surface area contributed by atoms with Crippen molar-refractivity contribution in [2.24, 2.45) is 0 Å². The van der Waals surface area contributed by atoms with Crippen molar-refractivity contribution in [1.29, 1.82) is 0 Å². The van der Waals surface area contributed by atoms with Crippen LogP contribution in [0.25, 0.3) is 0 Å². The van der Waals surface area contributed by atoms with Crippen molar-refractivity contribution >= 4 is 0 Å². The Hall–Kier alpha value is -1.43. The number of benzene rings is 1. The van der Waals surface area contributed by atoms with Crippen LogP contribution in [-0.4, -0.2) is 20.3 Å². The van der Waals surface area contributed by atoms with Gasteiger partial charge in [0.15, 0.2) is 6.79 Å². The number of alkyl halides is 3. The molecule has 0 aliphatic heterocycles. The minimum Gasteiger partial charge on any atom is -0.467 e. The van der Waals surface area contributed by atoms with Gasteiger partial charge in [0, 0.05) is 13.2 Å². The Morgan fingerprint density at radius 2 is 1.87 bits per heavy atom. The van der Waals surface area contributed by atoms with Crippen molar-refractivity contribution in [3.8, 4) is 11.5 Å². The molecule has 0 spiro atoms. The lowest BCUT2D eigenvalue weighted by Gasteiger charge is -2.10. The van der Waals surface area contributed by atoms with Crippen LogP contribution in [-0.2, 0) is 4.74 Å². The van der Waals surface area contributed by atoms with E-state index in [2.05, 4.69) is 9.47 Å². The molecule has 0 unspecified atom stereocenters. The molecule has 84 valence electrons. The fourth-order valence-corrected chi connectivity index (χ4v) is 0.888. The Balaban J connectivity index is 2.66. The normalized spacial score (nSPS) is 11.2. The van der Waals surface area contributed by atoms with Crippen LogP contribution in [0.5, 0.6) is 11.5 Å². The molecule has 0 bridgehead atoms. The molecule has 0 heterocycles. The third kappa shape index (κ3) is 4.55. The lowest BCUT2D eigenvalue weighted by atomic mass is 10.3. The molecule has 0 aliphatic carbocycles. The van der Waals surface area contributed by atoms with Crippen molar-refractivity contribution in [2.45, 2.75) is 6.36 Å². The lowest BCUT2D eigenvalue weighted by molar-refractivity contribution is -0.274. The zero-order valence-electron chi connectivity index (χ0n) is 7.88. The first kappa shape index (κ1) is 11.6. The zero-order valence-corrected chi connectivity index (χ0v) is 7.88. The van der Waals surface area contributed by atoms with Gasteiger partial charge in [0.1, 0.15) is 11.5 Å². The summed E-state index contributed by atoms with van der Waals surface area (Å²) < 4.78 is 48.8. The number of hydrogen-bond donors (Lipinski definition) is 0. The predicted molar refractivity (Wildman–Crippen MR) is 45.6 cm³/mol. The highest BCUT2D eigenvalue weighted by Crippen LogP contribution is 2.25. The zero-order chi connectivity index (χ0) is 11.3. The number of halogens is 3. The van der Waals surface area contributed by atoms with Gasteiger partial charge in [0.2, 0.25) is 0 Å². The summed E-state index contributed by atoms with van der Waals surface area (Å²) >= 11 is 0. The molecule has 0 aliphatic rings. The van der Waals surface area contributed by atoms with E-state index in [1.54, 1.807) is 0 Å². The average molecular weight is 222 g/mol. The van der Waals surface area contributed by atoms with Crippen molar-refractivity contribution in [3.05, 3.63) is 24.3 Å². The van der Waals surface area contributed by atoms with Crippen LogP contribution in [0, 0.1) is 0 Å². The standard InChI is InChI=1S/C9H9F3O3/c1-13-6-14-7-3-2-4-8(5-7)15-9(10,11)12/h2-5H,6H2,1H3. The Bertz CT molecular complexity index is 312. The minimum atomic E-state index is -4.69. The van der Waals surface area contributed by atoms with Crippen molar-refractivity contribution in [1.82, 2.24) is 0 Å². The first-order chi connectivity index (χ1) is 7.01. The lowest BCUT2D eigenvalue weighted by Crippen LogP contribution is -2.17. The molecular formula is C9H9F3O3. The Morgan fingerprint density at radius 3 is 2.47 bits per heavy atom. The van der Waals surface area contributed by atoms with E-state index < -0.39 is 6.36 Å². The predicted octanol–water partition coefficient (Wildman–Crippen LogP) is 2.57. The van der Waals surface area contributed by atoms with E-state index in [1.807, 2.05) is 0 Å². The smallest absolute Gasteiger partial charge is 0.467 e. The third-order valence-corrected chi connectivity index (χ3v) is 1.38. The fraction of sp³-hybridized carbons (Fsp3) is 0.333. The minimum absolute atomic E-state index is 0.0323. The van der Waals surface area contributed by atoms with Crippen LogP contribution in [0.3, 0.4) is 0 Å². The molecule has 0 atom stereocenters. The average Bonchev–Trinajstić information content (AvgIpc) is 2.12. The SMILES string of the molecule is COCOc1cccc(OC(F)(F)F)c1. The summed E-state index contributed by atoms with van der Waals surface area (Å²) in [7, 11) is 1.41. The monoisotopic (exact) mass is 222 g/mol. The summed E-state index contributed by atoms with van der Waals surface area (Å²) in [5.74, 6) is -0.0743. The van der Waals surface area contributed by atoms with Crippen LogP contribution in [0.2, 0.25) is 0 Å². The second kappa shape index (κ2) is 4.88. The van der Waals surface area contributed by atoms with Crippen LogP contribution in [0.4, 0.5) is 13.2 Å². The molecule has 0 aromatic heterocycles. The van der Waals surface area contributed by atoms with Gasteiger partial charge >= 0.3 is 6.36 Å². The van der Waals surface area contributed by atoms with Crippen molar-refractivity contribution < 1.29 is 27.4 Å². The molecule has 0 amide bonds. The van der Waals surface area contributed by atoms with Crippen LogP contribution in [0.1, 0.15) is 0 Å². The van der Waals surface area contributed by atoms with E-state index in [0.717, 1.165) is 6.07 Å². The summed E-state index contributed by atoms with van der Waals surface area (Å²) in [6.45, 7) is -0.0323. The fourth-order valence-electron chi connectivity index (χ4n) is 0.888. The number of methoxy groups -OCH3 is 1. The van der Waals surface area contributed by atoms with E-state index in [1.165, 1.54) is 25.3 Å². The molecule has 0 saturated carbocycles. The summed E-state index contributed by atoms with van der Waals surface area (Å²) in [5.41, 5.74) is 0. The summed E-state index contributed by atoms with van der Waals surface area (Å²) in [6.07, 6.45) is -4.69. The highest BCUT2D eigenvalue weighted by molar-refractivity contribution is 5.32. The largest absolute Gasteiger partial charge is 0.573 e. The van der Waals surface area contributed by atoms with E-state index in [-0.39, 0.29) is 18.3 Å². The molecule has 15 heavy (non-hydrogen) atoms. The molecule has 1 aromatic carbocycles. The molecule has 1 rings (SSSR count). The molecule has 6 heteroatoms. The maximum atomic E-state index is 11.8. The van der Waals surface area contributed by atoms with Crippen molar-refractivity contribution in [2.75, 3.05) is 13.9 Å². The van der Waals surface area contributed by atoms with Gasteiger partial charge in [-0.25, -0.2) is 0 Å². The first-order valence-electron chi connectivity index (χ1n) is 3.99. The van der Waals surface area contributed by atoms with E-state index in [9.17, 15) is 13.2 Å². The summed E-state index contributed by atoms with van der Waals surface area (Å²) in [4.78, 5) is 0. The maximum absolute atomic E-state index is 11.8. The van der Waals surface area contributed by atoms with Crippen molar-refractivity contribution in [3.63, 3.8) is 0 Å². The molecule has 0 fully saturated rings. The summed E-state index contributed by atoms with van der Waals surface area (Å²) in [6, 6.07) is 5.22. The molecule has 0 saturated heterocycles. The molecular weight excluding hydrogens is 213 g/mol. The van der Waals surface area contributed by atoms with E-state index in [4.69, 9.17) is 4.74 Å². The number of rotatable bonds is 4. The Morgan fingerprint density at radius 1 is 1.20 bits per heavy atom. The van der Waals surface area contributed by atoms with Crippen LogP contribution in [0.15, 0.2) is 24.3 Å². The quantitative estimate of drug-likeness (QED) is 0.733. The highest BCUT2D eigenvalue weighted by Gasteiger charge is 2.31. The maximum Gasteiger partial charge on any atom is 0.573 e. The third-order valence-electron chi connectivity index (χ3n) is 1.38. The first-order valence-corrected chi connectivity index (χ1v) is 3.99. The number of hydrogen-bond acceptors (Lipinski definition) is 3. The second-order valence-electron chi connectivity index (χ2n) is 2.57. The van der Waals surface area contributed by atoms with Crippen LogP contribution < -0.4 is 9.47 Å². The molecule has 0 radical (unpaired) electrons. The number of ether oxygens (including phenoxy) is 3. The second-order valence-corrected chi connectivity index (χ2v) is 2.57. The van der Waals surface area contributed by atoms with Gasteiger partial charge in [-0.15, -0.1) is 13.2 Å². The van der Waals surface area contributed by atoms with E-state index >= 15 is 0 Å².